The van der Waals surface area contributed by atoms with Gasteiger partial charge in [0.1, 0.15) is 0 Å². The number of carbonyl (C=O) groups is 1. The van der Waals surface area contributed by atoms with Gasteiger partial charge < -0.3 is 5.32 Å². The summed E-state index contributed by atoms with van der Waals surface area (Å²) < 4.78 is 4.44. The van der Waals surface area contributed by atoms with Crippen molar-refractivity contribution in [2.45, 2.75) is 26.8 Å². The minimum absolute atomic E-state index is 0.0413. The Kier molecular flexibility index (Phi) is 4.04. The summed E-state index contributed by atoms with van der Waals surface area (Å²) in [5.41, 5.74) is 2.61. The molecule has 0 aliphatic carbocycles. The summed E-state index contributed by atoms with van der Waals surface area (Å²) >= 11 is 3.39. The molecule has 7 heteroatoms. The summed E-state index contributed by atoms with van der Waals surface area (Å²) in [6, 6.07) is 0. The average Bonchev–Trinajstić information content (AvgIpc) is 2.84. The van der Waals surface area contributed by atoms with Crippen molar-refractivity contribution in [1.82, 2.24) is 19.6 Å². The lowest BCUT2D eigenvalue weighted by Crippen LogP contribution is -2.15. The highest BCUT2D eigenvalue weighted by atomic mass is 79.9. The standard InChI is InChI=1S/C12H16BrN5O/c1-8-10(13)7-18(16-8)5-4-12(19)15-11-6-14-17(3)9(11)2/h6-7H,4-5H2,1-3H3,(H,15,19). The number of hydrogen-bond donors (Lipinski definition) is 1. The van der Waals surface area contributed by atoms with Gasteiger partial charge >= 0.3 is 0 Å². The lowest BCUT2D eigenvalue weighted by molar-refractivity contribution is -0.116. The van der Waals surface area contributed by atoms with Gasteiger partial charge in [0.15, 0.2) is 0 Å². The first kappa shape index (κ1) is 13.8. The number of anilines is 1. The predicted molar refractivity (Wildman–Crippen MR) is 75.9 cm³/mol. The summed E-state index contributed by atoms with van der Waals surface area (Å²) in [7, 11) is 1.84. The van der Waals surface area contributed by atoms with E-state index in [2.05, 4.69) is 31.4 Å². The Hall–Kier alpha value is -1.63. The van der Waals surface area contributed by atoms with E-state index in [1.54, 1.807) is 15.6 Å². The van der Waals surface area contributed by atoms with Crippen LogP contribution in [0.4, 0.5) is 5.69 Å². The van der Waals surface area contributed by atoms with E-state index in [0.29, 0.717) is 13.0 Å². The van der Waals surface area contributed by atoms with E-state index < -0.39 is 0 Å². The molecule has 2 rings (SSSR count). The van der Waals surface area contributed by atoms with Crippen LogP contribution in [0.2, 0.25) is 0 Å². The van der Waals surface area contributed by atoms with Crippen LogP contribution >= 0.6 is 15.9 Å². The largest absolute Gasteiger partial charge is 0.323 e. The third-order valence-electron chi connectivity index (χ3n) is 2.96. The molecule has 0 bridgehead atoms. The predicted octanol–water partition coefficient (Wildman–Crippen LogP) is 2.02. The molecule has 0 aliphatic heterocycles. The maximum Gasteiger partial charge on any atom is 0.226 e. The number of nitrogens with zero attached hydrogens (tertiary/aromatic N) is 4. The molecule has 6 nitrogen and oxygen atoms in total. The fourth-order valence-corrected chi connectivity index (χ4v) is 1.97. The first-order valence-corrected chi connectivity index (χ1v) is 6.74. The van der Waals surface area contributed by atoms with Crippen molar-refractivity contribution in [1.29, 1.82) is 0 Å². The van der Waals surface area contributed by atoms with Crippen LogP contribution in [0, 0.1) is 13.8 Å². The minimum Gasteiger partial charge on any atom is -0.323 e. The molecule has 1 amide bonds. The molecule has 0 spiro atoms. The molecule has 0 unspecified atom stereocenters. The van der Waals surface area contributed by atoms with Gasteiger partial charge in [-0.1, -0.05) is 0 Å². The van der Waals surface area contributed by atoms with E-state index in [1.807, 2.05) is 27.1 Å². The van der Waals surface area contributed by atoms with Gasteiger partial charge in [0, 0.05) is 26.2 Å². The van der Waals surface area contributed by atoms with Gasteiger partial charge in [-0.15, -0.1) is 0 Å². The summed E-state index contributed by atoms with van der Waals surface area (Å²) in [5.74, 6) is -0.0413. The van der Waals surface area contributed by atoms with Crippen LogP contribution in [0.25, 0.3) is 0 Å². The van der Waals surface area contributed by atoms with Crippen molar-refractivity contribution in [3.8, 4) is 0 Å². The van der Waals surface area contributed by atoms with E-state index in [0.717, 1.165) is 21.5 Å². The highest BCUT2D eigenvalue weighted by molar-refractivity contribution is 9.10. The van der Waals surface area contributed by atoms with Crippen LogP contribution in [0.3, 0.4) is 0 Å². The molecule has 2 heterocycles. The molecule has 0 radical (unpaired) electrons. The summed E-state index contributed by atoms with van der Waals surface area (Å²) in [5, 5.41) is 11.2. The monoisotopic (exact) mass is 325 g/mol. The SMILES string of the molecule is Cc1nn(CCC(=O)Nc2cnn(C)c2C)cc1Br. The molecule has 0 aliphatic rings. The minimum atomic E-state index is -0.0413. The maximum atomic E-state index is 11.8. The van der Waals surface area contributed by atoms with Crippen LogP contribution in [0.1, 0.15) is 17.8 Å². The number of rotatable bonds is 4. The average molecular weight is 326 g/mol. The second-order valence-electron chi connectivity index (χ2n) is 4.39. The highest BCUT2D eigenvalue weighted by Gasteiger charge is 2.09. The lowest BCUT2D eigenvalue weighted by atomic mass is 10.3. The van der Waals surface area contributed by atoms with E-state index in [9.17, 15) is 4.79 Å². The number of aromatic nitrogens is 4. The van der Waals surface area contributed by atoms with Crippen molar-refractivity contribution >= 4 is 27.5 Å². The smallest absolute Gasteiger partial charge is 0.226 e. The van der Waals surface area contributed by atoms with Crippen molar-refractivity contribution in [3.63, 3.8) is 0 Å². The zero-order chi connectivity index (χ0) is 14.0. The Morgan fingerprint density at radius 3 is 2.74 bits per heavy atom. The van der Waals surface area contributed by atoms with Gasteiger partial charge in [-0.3, -0.25) is 14.2 Å². The lowest BCUT2D eigenvalue weighted by Gasteiger charge is -2.04. The van der Waals surface area contributed by atoms with E-state index >= 15 is 0 Å². The molecule has 0 saturated heterocycles. The number of carbonyl (C=O) groups excluding carboxylic acids is 1. The van der Waals surface area contributed by atoms with Gasteiger partial charge in [-0.25, -0.2) is 0 Å². The Morgan fingerprint density at radius 1 is 1.47 bits per heavy atom. The third-order valence-corrected chi connectivity index (χ3v) is 3.74. The second kappa shape index (κ2) is 5.56. The van der Waals surface area contributed by atoms with Crippen LogP contribution in [0.15, 0.2) is 16.9 Å². The fraction of sp³-hybridized carbons (Fsp3) is 0.417. The molecule has 1 N–H and O–H groups in total. The first-order chi connectivity index (χ1) is 8.97. The van der Waals surface area contributed by atoms with Crippen molar-refractivity contribution < 1.29 is 4.79 Å². The molecular weight excluding hydrogens is 310 g/mol. The molecule has 0 aromatic carbocycles. The van der Waals surface area contributed by atoms with E-state index in [4.69, 9.17) is 0 Å². The van der Waals surface area contributed by atoms with Gasteiger partial charge in [-0.2, -0.15) is 10.2 Å². The van der Waals surface area contributed by atoms with E-state index in [-0.39, 0.29) is 5.91 Å². The topological polar surface area (TPSA) is 64.7 Å². The fourth-order valence-electron chi connectivity index (χ4n) is 1.66. The molecule has 2 aromatic heterocycles. The number of aryl methyl sites for hydroxylation is 3. The van der Waals surface area contributed by atoms with Gasteiger partial charge in [0.25, 0.3) is 0 Å². The van der Waals surface area contributed by atoms with Crippen molar-refractivity contribution in [3.05, 3.63) is 28.3 Å². The molecule has 0 saturated carbocycles. The van der Waals surface area contributed by atoms with E-state index in [1.165, 1.54) is 0 Å². The number of nitrogens with one attached hydrogen (secondary N) is 1. The van der Waals surface area contributed by atoms with Gasteiger partial charge in [-0.05, 0) is 29.8 Å². The van der Waals surface area contributed by atoms with Gasteiger partial charge in [0.05, 0.1) is 27.7 Å². The maximum absolute atomic E-state index is 11.8. The van der Waals surface area contributed by atoms with Crippen molar-refractivity contribution in [2.24, 2.45) is 7.05 Å². The Balaban J connectivity index is 1.90. The third kappa shape index (κ3) is 3.23. The highest BCUT2D eigenvalue weighted by Crippen LogP contribution is 2.14. The Bertz CT molecular complexity index is 582. The van der Waals surface area contributed by atoms with Crippen molar-refractivity contribution in [2.75, 3.05) is 5.32 Å². The second-order valence-corrected chi connectivity index (χ2v) is 5.25. The summed E-state index contributed by atoms with van der Waals surface area (Å²) in [4.78, 5) is 11.8. The van der Waals surface area contributed by atoms with Crippen LogP contribution < -0.4 is 5.32 Å². The zero-order valence-electron chi connectivity index (χ0n) is 11.1. The van der Waals surface area contributed by atoms with Gasteiger partial charge in [0.2, 0.25) is 5.91 Å². The molecule has 19 heavy (non-hydrogen) atoms. The summed E-state index contributed by atoms with van der Waals surface area (Å²) in [6.07, 6.45) is 3.90. The molecule has 102 valence electrons. The van der Waals surface area contributed by atoms with Crippen LogP contribution in [-0.2, 0) is 18.4 Å². The Labute approximate surface area is 119 Å². The quantitative estimate of drug-likeness (QED) is 0.935. The van der Waals surface area contributed by atoms with Crippen LogP contribution in [0.5, 0.6) is 0 Å². The first-order valence-electron chi connectivity index (χ1n) is 5.95. The number of amides is 1. The molecule has 0 atom stereocenters. The molecule has 0 fully saturated rings. The zero-order valence-corrected chi connectivity index (χ0v) is 12.7. The molecule has 2 aromatic rings. The normalized spacial score (nSPS) is 10.7. The Morgan fingerprint density at radius 2 is 2.21 bits per heavy atom. The van der Waals surface area contributed by atoms with Crippen LogP contribution in [-0.4, -0.2) is 25.5 Å². The number of halogens is 1. The summed E-state index contributed by atoms with van der Waals surface area (Å²) in [6.45, 7) is 4.38. The molecular formula is C12H16BrN5O. The number of hydrogen-bond acceptors (Lipinski definition) is 3.